The number of rotatable bonds is 5. The van der Waals surface area contributed by atoms with E-state index in [9.17, 15) is 9.59 Å². The number of nitrogens with one attached hydrogen (secondary N) is 1. The Morgan fingerprint density at radius 1 is 1.25 bits per heavy atom. The van der Waals surface area contributed by atoms with Gasteiger partial charge in [0.2, 0.25) is 11.8 Å². The number of carbonyl (C=O) groups excluding carboxylic acids is 2. The lowest BCUT2D eigenvalue weighted by molar-refractivity contribution is -0.120. The molecular formula is C11H15N3O2. The minimum absolute atomic E-state index is 0.240. The van der Waals surface area contributed by atoms with Crippen molar-refractivity contribution in [2.75, 3.05) is 11.9 Å². The highest BCUT2D eigenvalue weighted by atomic mass is 16.1. The molecule has 0 bridgehead atoms. The minimum Gasteiger partial charge on any atom is -0.384 e. The van der Waals surface area contributed by atoms with Crippen molar-refractivity contribution in [2.24, 2.45) is 17.4 Å². The van der Waals surface area contributed by atoms with Crippen molar-refractivity contribution in [2.45, 2.75) is 6.92 Å². The van der Waals surface area contributed by atoms with E-state index in [1.54, 1.807) is 31.2 Å². The summed E-state index contributed by atoms with van der Waals surface area (Å²) in [6.45, 7) is 2.21. The van der Waals surface area contributed by atoms with Gasteiger partial charge < -0.3 is 16.8 Å². The first-order chi connectivity index (χ1) is 7.50. The molecular weight excluding hydrogens is 206 g/mol. The number of carbonyl (C=O) groups is 2. The topological polar surface area (TPSA) is 98.2 Å². The molecule has 1 rings (SSSR count). The number of benzene rings is 1. The molecule has 1 aromatic carbocycles. The van der Waals surface area contributed by atoms with Crippen LogP contribution in [0.4, 0.5) is 5.69 Å². The number of primary amides is 2. The Bertz CT molecular complexity index is 387. The number of nitrogens with two attached hydrogens (primary N) is 2. The van der Waals surface area contributed by atoms with Gasteiger partial charge in [-0.3, -0.25) is 9.59 Å². The third-order valence-corrected chi connectivity index (χ3v) is 2.27. The summed E-state index contributed by atoms with van der Waals surface area (Å²) in [5, 5.41) is 3.04. The van der Waals surface area contributed by atoms with E-state index in [-0.39, 0.29) is 11.8 Å². The summed E-state index contributed by atoms with van der Waals surface area (Å²) in [7, 11) is 0. The van der Waals surface area contributed by atoms with Gasteiger partial charge in [-0.2, -0.15) is 0 Å². The second-order valence-electron chi connectivity index (χ2n) is 3.63. The summed E-state index contributed by atoms with van der Waals surface area (Å²) in [5.41, 5.74) is 11.5. The predicted octanol–water partition coefficient (Wildman–Crippen LogP) is 0.319. The third kappa shape index (κ3) is 3.27. The highest BCUT2D eigenvalue weighted by molar-refractivity contribution is 5.93. The van der Waals surface area contributed by atoms with E-state index in [0.29, 0.717) is 12.1 Å². The summed E-state index contributed by atoms with van der Waals surface area (Å²) in [5.74, 6) is -1.05. The van der Waals surface area contributed by atoms with Crippen molar-refractivity contribution in [3.05, 3.63) is 29.8 Å². The van der Waals surface area contributed by atoms with Crippen LogP contribution in [0.3, 0.4) is 0 Å². The van der Waals surface area contributed by atoms with Crippen molar-refractivity contribution < 1.29 is 9.59 Å². The van der Waals surface area contributed by atoms with Crippen LogP contribution in [0.2, 0.25) is 0 Å². The molecule has 2 amide bonds. The molecule has 1 unspecified atom stereocenters. The van der Waals surface area contributed by atoms with E-state index in [4.69, 9.17) is 11.5 Å². The van der Waals surface area contributed by atoms with Crippen molar-refractivity contribution in [1.82, 2.24) is 0 Å². The molecule has 16 heavy (non-hydrogen) atoms. The van der Waals surface area contributed by atoms with Crippen LogP contribution >= 0.6 is 0 Å². The zero-order chi connectivity index (χ0) is 12.1. The van der Waals surface area contributed by atoms with Crippen LogP contribution in [0, 0.1) is 5.92 Å². The molecule has 0 fully saturated rings. The first kappa shape index (κ1) is 12.0. The quantitative estimate of drug-likeness (QED) is 0.667. The Morgan fingerprint density at radius 2 is 1.81 bits per heavy atom. The van der Waals surface area contributed by atoms with Crippen LogP contribution < -0.4 is 16.8 Å². The molecule has 0 aliphatic rings. The van der Waals surface area contributed by atoms with Gasteiger partial charge in [-0.15, -0.1) is 0 Å². The van der Waals surface area contributed by atoms with Gasteiger partial charge >= 0.3 is 0 Å². The van der Waals surface area contributed by atoms with Gasteiger partial charge in [-0.25, -0.2) is 0 Å². The second-order valence-corrected chi connectivity index (χ2v) is 3.63. The highest BCUT2D eigenvalue weighted by Crippen LogP contribution is 2.09. The fourth-order valence-electron chi connectivity index (χ4n) is 1.12. The normalized spacial score (nSPS) is 11.8. The van der Waals surface area contributed by atoms with Crippen LogP contribution in [0.25, 0.3) is 0 Å². The molecule has 0 saturated carbocycles. The summed E-state index contributed by atoms with van der Waals surface area (Å²) < 4.78 is 0. The third-order valence-electron chi connectivity index (χ3n) is 2.27. The molecule has 0 saturated heterocycles. The van der Waals surface area contributed by atoms with Crippen LogP contribution in [-0.4, -0.2) is 18.4 Å². The van der Waals surface area contributed by atoms with Crippen LogP contribution in [-0.2, 0) is 4.79 Å². The van der Waals surface area contributed by atoms with E-state index < -0.39 is 5.91 Å². The lowest BCUT2D eigenvalue weighted by Crippen LogP contribution is -2.26. The van der Waals surface area contributed by atoms with Crippen molar-refractivity contribution in [1.29, 1.82) is 0 Å². The summed E-state index contributed by atoms with van der Waals surface area (Å²) >= 11 is 0. The van der Waals surface area contributed by atoms with Gasteiger partial charge in [0.1, 0.15) is 0 Å². The van der Waals surface area contributed by atoms with E-state index in [0.717, 1.165) is 5.69 Å². The monoisotopic (exact) mass is 221 g/mol. The number of anilines is 1. The average Bonchev–Trinajstić information content (AvgIpc) is 2.26. The molecule has 1 aromatic rings. The SMILES string of the molecule is CC(CNc1ccc(C(N)=O)cc1)C(N)=O. The van der Waals surface area contributed by atoms with Crippen LogP contribution in [0.15, 0.2) is 24.3 Å². The average molecular weight is 221 g/mol. The summed E-state index contributed by atoms with van der Waals surface area (Å²) in [4.78, 5) is 21.6. The second kappa shape index (κ2) is 5.16. The summed E-state index contributed by atoms with van der Waals surface area (Å²) in [6.07, 6.45) is 0. The number of amides is 2. The Balaban J connectivity index is 2.56. The molecule has 1 atom stereocenters. The fourth-order valence-corrected chi connectivity index (χ4v) is 1.12. The van der Waals surface area contributed by atoms with E-state index in [1.807, 2.05) is 0 Å². The Morgan fingerprint density at radius 3 is 2.25 bits per heavy atom. The molecule has 0 radical (unpaired) electrons. The molecule has 0 aliphatic heterocycles. The van der Waals surface area contributed by atoms with Gasteiger partial charge in [0.25, 0.3) is 0 Å². The van der Waals surface area contributed by atoms with Gasteiger partial charge in [-0.1, -0.05) is 6.92 Å². The largest absolute Gasteiger partial charge is 0.384 e. The van der Waals surface area contributed by atoms with Gasteiger partial charge in [0, 0.05) is 17.8 Å². The Labute approximate surface area is 93.8 Å². The first-order valence-corrected chi connectivity index (χ1v) is 4.93. The molecule has 0 spiro atoms. The standard InChI is InChI=1S/C11H15N3O2/c1-7(10(12)15)6-14-9-4-2-8(3-5-9)11(13)16/h2-5,7,14H,6H2,1H3,(H2,12,15)(H2,13,16). The maximum atomic E-state index is 10.8. The Hall–Kier alpha value is -2.04. The van der Waals surface area contributed by atoms with Gasteiger partial charge in [-0.05, 0) is 24.3 Å². The first-order valence-electron chi connectivity index (χ1n) is 4.93. The smallest absolute Gasteiger partial charge is 0.248 e. The fraction of sp³-hybridized carbons (Fsp3) is 0.273. The van der Waals surface area contributed by atoms with E-state index in [2.05, 4.69) is 5.32 Å². The number of hydrogen-bond donors (Lipinski definition) is 3. The van der Waals surface area contributed by atoms with E-state index >= 15 is 0 Å². The van der Waals surface area contributed by atoms with E-state index in [1.165, 1.54) is 0 Å². The molecule has 5 heteroatoms. The lowest BCUT2D eigenvalue weighted by Gasteiger charge is -2.10. The van der Waals surface area contributed by atoms with Crippen LogP contribution in [0.5, 0.6) is 0 Å². The molecule has 0 aromatic heterocycles. The zero-order valence-electron chi connectivity index (χ0n) is 9.07. The van der Waals surface area contributed by atoms with Crippen molar-refractivity contribution in [3.8, 4) is 0 Å². The molecule has 86 valence electrons. The molecule has 0 heterocycles. The molecule has 5 nitrogen and oxygen atoms in total. The van der Waals surface area contributed by atoms with Crippen LogP contribution in [0.1, 0.15) is 17.3 Å². The Kier molecular flexibility index (Phi) is 3.88. The predicted molar refractivity (Wildman–Crippen MR) is 61.8 cm³/mol. The van der Waals surface area contributed by atoms with Crippen molar-refractivity contribution >= 4 is 17.5 Å². The van der Waals surface area contributed by atoms with Gasteiger partial charge in [0.15, 0.2) is 0 Å². The highest BCUT2D eigenvalue weighted by Gasteiger charge is 2.07. The van der Waals surface area contributed by atoms with Gasteiger partial charge in [0.05, 0.1) is 5.92 Å². The zero-order valence-corrected chi connectivity index (χ0v) is 9.07. The molecule has 5 N–H and O–H groups in total. The summed E-state index contributed by atoms with van der Waals surface area (Å²) in [6, 6.07) is 6.71. The van der Waals surface area contributed by atoms with Crippen molar-refractivity contribution in [3.63, 3.8) is 0 Å². The molecule has 0 aliphatic carbocycles. The number of hydrogen-bond acceptors (Lipinski definition) is 3. The minimum atomic E-state index is -0.461. The maximum absolute atomic E-state index is 10.8. The lowest BCUT2D eigenvalue weighted by atomic mass is 10.1. The maximum Gasteiger partial charge on any atom is 0.248 e.